The van der Waals surface area contributed by atoms with Crippen LogP contribution in [0.15, 0.2) is 35.2 Å². The molecule has 0 spiro atoms. The lowest BCUT2D eigenvalue weighted by Crippen LogP contribution is -2.32. The van der Waals surface area contributed by atoms with Crippen LogP contribution in [0, 0.1) is 0 Å². The van der Waals surface area contributed by atoms with Crippen LogP contribution in [0.1, 0.15) is 39.9 Å². The summed E-state index contributed by atoms with van der Waals surface area (Å²) in [6.07, 6.45) is 2.12. The summed E-state index contributed by atoms with van der Waals surface area (Å²) in [6.45, 7) is 3.46. The van der Waals surface area contributed by atoms with Gasteiger partial charge in [-0.25, -0.2) is 0 Å². The van der Waals surface area contributed by atoms with Crippen LogP contribution in [0.5, 0.6) is 0 Å². The number of amides is 2. The van der Waals surface area contributed by atoms with Crippen molar-refractivity contribution in [1.82, 2.24) is 20.0 Å². The van der Waals surface area contributed by atoms with Gasteiger partial charge in [0.05, 0.1) is 12.6 Å². The van der Waals surface area contributed by atoms with Crippen LogP contribution >= 0.6 is 11.8 Å². The number of aliphatic hydroxyl groups is 1. The van der Waals surface area contributed by atoms with Crippen LogP contribution in [0.2, 0.25) is 0 Å². The largest absolute Gasteiger partial charge is 0.389 e. The van der Waals surface area contributed by atoms with E-state index in [4.69, 9.17) is 0 Å². The number of hydrogen-bond acceptors (Lipinski definition) is 5. The number of nitrogens with one attached hydrogen (secondary N) is 1. The highest BCUT2D eigenvalue weighted by Gasteiger charge is 2.26. The van der Waals surface area contributed by atoms with Crippen molar-refractivity contribution < 1.29 is 14.7 Å². The molecule has 1 aromatic heterocycles. The van der Waals surface area contributed by atoms with Crippen molar-refractivity contribution in [3.63, 3.8) is 0 Å². The van der Waals surface area contributed by atoms with Gasteiger partial charge in [-0.1, -0.05) is 19.1 Å². The Hall–Kier alpha value is -2.32. The normalized spacial score (nSPS) is 16.4. The first-order chi connectivity index (χ1) is 13.0. The molecule has 27 heavy (non-hydrogen) atoms. The molecule has 1 unspecified atom stereocenters. The van der Waals surface area contributed by atoms with Crippen molar-refractivity contribution in [2.24, 2.45) is 0 Å². The first-order valence-electron chi connectivity index (χ1n) is 8.98. The molecule has 3 rings (SSSR count). The lowest BCUT2D eigenvalue weighted by Gasteiger charge is -2.21. The Balaban J connectivity index is 1.81. The molecule has 1 aliphatic rings. The molecule has 2 heterocycles. The number of carbonyl (C=O) groups is 2. The highest BCUT2D eigenvalue weighted by atomic mass is 32.2. The Bertz CT molecular complexity index is 819. The molecule has 144 valence electrons. The molecular weight excluding hydrogens is 364 g/mol. The number of aromatic nitrogens is 2. The van der Waals surface area contributed by atoms with Gasteiger partial charge < -0.3 is 15.3 Å². The smallest absolute Gasteiger partial charge is 0.274 e. The first-order valence-corrected chi connectivity index (χ1v) is 10.2. The topological polar surface area (TPSA) is 87.5 Å². The van der Waals surface area contributed by atoms with Gasteiger partial charge in [0.1, 0.15) is 5.69 Å². The minimum Gasteiger partial charge on any atom is -0.389 e. The molecule has 2 amide bonds. The van der Waals surface area contributed by atoms with Gasteiger partial charge in [-0.2, -0.15) is 5.10 Å². The van der Waals surface area contributed by atoms with E-state index < -0.39 is 6.10 Å². The fourth-order valence-electron chi connectivity index (χ4n) is 3.04. The van der Waals surface area contributed by atoms with Crippen molar-refractivity contribution in [2.75, 3.05) is 19.3 Å². The summed E-state index contributed by atoms with van der Waals surface area (Å²) in [5, 5.41) is 16.8. The molecule has 1 atom stereocenters. The molecule has 1 aliphatic heterocycles. The van der Waals surface area contributed by atoms with Crippen LogP contribution in [0.4, 0.5) is 0 Å². The Morgan fingerprint density at radius 3 is 2.81 bits per heavy atom. The van der Waals surface area contributed by atoms with E-state index in [9.17, 15) is 14.7 Å². The zero-order chi connectivity index (χ0) is 19.4. The Morgan fingerprint density at radius 2 is 2.15 bits per heavy atom. The summed E-state index contributed by atoms with van der Waals surface area (Å²) >= 11 is 1.68. The predicted octanol–water partition coefficient (Wildman–Crippen LogP) is 1.76. The summed E-state index contributed by atoms with van der Waals surface area (Å²) in [4.78, 5) is 28.0. The zero-order valence-corrected chi connectivity index (χ0v) is 16.3. The van der Waals surface area contributed by atoms with Gasteiger partial charge in [-0.3, -0.25) is 14.3 Å². The average molecular weight is 388 g/mol. The quantitative estimate of drug-likeness (QED) is 0.737. The molecule has 0 aliphatic carbocycles. The summed E-state index contributed by atoms with van der Waals surface area (Å²) in [5.74, 6) is -0.540. The highest BCUT2D eigenvalue weighted by Crippen LogP contribution is 2.17. The maximum atomic E-state index is 13.0. The number of carbonyl (C=O) groups excluding carboxylic acids is 2. The van der Waals surface area contributed by atoms with Crippen LogP contribution in [-0.4, -0.2) is 57.1 Å². The number of hydrogen-bond donors (Lipinski definition) is 2. The molecule has 2 N–H and O–H groups in total. The molecule has 0 saturated carbocycles. The number of fused-ring (bicyclic) bond motifs is 1. The Kier molecular flexibility index (Phi) is 6.18. The molecule has 1 aromatic carbocycles. The third-order valence-electron chi connectivity index (χ3n) is 4.43. The SMILES string of the molecule is CCCN(Cc1ccc(SC)cc1)C(=O)c1cc2n(n1)CC(O)CNC2=O. The van der Waals surface area contributed by atoms with Gasteiger partial charge in [0.15, 0.2) is 5.69 Å². The van der Waals surface area contributed by atoms with E-state index in [1.165, 1.54) is 15.6 Å². The predicted molar refractivity (Wildman–Crippen MR) is 104 cm³/mol. The van der Waals surface area contributed by atoms with Crippen LogP contribution < -0.4 is 5.32 Å². The molecule has 2 aromatic rings. The maximum absolute atomic E-state index is 13.0. The van der Waals surface area contributed by atoms with Gasteiger partial charge in [0.25, 0.3) is 11.8 Å². The summed E-state index contributed by atoms with van der Waals surface area (Å²) in [5.41, 5.74) is 1.57. The summed E-state index contributed by atoms with van der Waals surface area (Å²) in [7, 11) is 0. The van der Waals surface area contributed by atoms with Crippen molar-refractivity contribution in [3.8, 4) is 0 Å². The standard InChI is InChI=1S/C19H24N4O3S/c1-3-8-22(11-13-4-6-15(27-2)7-5-13)19(26)16-9-17-18(25)20-10-14(24)12-23(17)21-16/h4-7,9,14,24H,3,8,10-12H2,1-2H3,(H,20,25). The van der Waals surface area contributed by atoms with E-state index in [0.717, 1.165) is 12.0 Å². The van der Waals surface area contributed by atoms with E-state index in [-0.39, 0.29) is 30.6 Å². The fourth-order valence-corrected chi connectivity index (χ4v) is 3.45. The maximum Gasteiger partial charge on any atom is 0.274 e. The van der Waals surface area contributed by atoms with Crippen LogP contribution in [0.3, 0.4) is 0 Å². The lowest BCUT2D eigenvalue weighted by atomic mass is 10.2. The highest BCUT2D eigenvalue weighted by molar-refractivity contribution is 7.98. The second-order valence-electron chi connectivity index (χ2n) is 6.54. The van der Waals surface area contributed by atoms with Gasteiger partial charge in [-0.15, -0.1) is 11.8 Å². The van der Waals surface area contributed by atoms with Gasteiger partial charge in [0, 0.05) is 30.6 Å². The first kappa shape index (κ1) is 19.4. The van der Waals surface area contributed by atoms with E-state index in [1.807, 2.05) is 37.4 Å². The van der Waals surface area contributed by atoms with Gasteiger partial charge in [0.2, 0.25) is 0 Å². The third-order valence-corrected chi connectivity index (χ3v) is 5.17. The third kappa shape index (κ3) is 4.51. The van der Waals surface area contributed by atoms with E-state index in [0.29, 0.717) is 18.8 Å². The number of nitrogens with zero attached hydrogens (tertiary/aromatic N) is 3. The summed E-state index contributed by atoms with van der Waals surface area (Å²) in [6, 6.07) is 9.63. The van der Waals surface area contributed by atoms with E-state index in [1.54, 1.807) is 16.7 Å². The molecule has 0 radical (unpaired) electrons. The minimum absolute atomic E-state index is 0.180. The van der Waals surface area contributed by atoms with Crippen LogP contribution in [0.25, 0.3) is 0 Å². The van der Waals surface area contributed by atoms with Gasteiger partial charge >= 0.3 is 0 Å². The Morgan fingerprint density at radius 1 is 1.41 bits per heavy atom. The monoisotopic (exact) mass is 388 g/mol. The number of benzene rings is 1. The molecule has 8 heteroatoms. The molecular formula is C19H24N4O3S. The minimum atomic E-state index is -0.722. The number of aliphatic hydroxyl groups excluding tert-OH is 1. The van der Waals surface area contributed by atoms with E-state index >= 15 is 0 Å². The number of β-amino-alcohol motifs (C(OH)–C–C–N with tert-alkyl or cyclic N) is 1. The zero-order valence-electron chi connectivity index (χ0n) is 15.5. The Labute approximate surface area is 162 Å². The van der Waals surface area contributed by atoms with Crippen molar-refractivity contribution in [2.45, 2.75) is 37.4 Å². The molecule has 0 fully saturated rings. The average Bonchev–Trinajstić information content (AvgIpc) is 3.04. The van der Waals surface area contributed by atoms with Crippen molar-refractivity contribution >= 4 is 23.6 Å². The number of rotatable bonds is 6. The van der Waals surface area contributed by atoms with Crippen molar-refractivity contribution in [1.29, 1.82) is 0 Å². The second-order valence-corrected chi connectivity index (χ2v) is 7.42. The second kappa shape index (κ2) is 8.58. The summed E-state index contributed by atoms with van der Waals surface area (Å²) < 4.78 is 1.41. The molecule has 7 nitrogen and oxygen atoms in total. The van der Waals surface area contributed by atoms with E-state index in [2.05, 4.69) is 10.4 Å². The molecule has 0 bridgehead atoms. The molecule has 0 saturated heterocycles. The number of thioether (sulfide) groups is 1. The van der Waals surface area contributed by atoms with Crippen LogP contribution in [-0.2, 0) is 13.1 Å². The van der Waals surface area contributed by atoms with Gasteiger partial charge in [-0.05, 0) is 30.4 Å². The fraction of sp³-hybridized carbons (Fsp3) is 0.421. The van der Waals surface area contributed by atoms with Crippen molar-refractivity contribution in [3.05, 3.63) is 47.3 Å². The lowest BCUT2D eigenvalue weighted by molar-refractivity contribution is 0.0735.